The van der Waals surface area contributed by atoms with Crippen molar-refractivity contribution >= 4 is 5.91 Å². The molecular formula is C9H11N3O2. The lowest BCUT2D eigenvalue weighted by Crippen LogP contribution is -2.18. The summed E-state index contributed by atoms with van der Waals surface area (Å²) in [4.78, 5) is 19.1. The van der Waals surface area contributed by atoms with Crippen LogP contribution in [-0.4, -0.2) is 29.1 Å². The van der Waals surface area contributed by atoms with Gasteiger partial charge in [0.25, 0.3) is 5.91 Å². The quantitative estimate of drug-likeness (QED) is 0.721. The number of carbonyl (C=O) groups is 1. The molecule has 14 heavy (non-hydrogen) atoms. The van der Waals surface area contributed by atoms with Crippen molar-refractivity contribution in [2.24, 2.45) is 5.73 Å². The van der Waals surface area contributed by atoms with Crippen LogP contribution in [0.5, 0.6) is 0 Å². The monoisotopic (exact) mass is 193 g/mol. The molecule has 1 atom stereocenters. The van der Waals surface area contributed by atoms with Crippen molar-refractivity contribution in [2.75, 3.05) is 13.2 Å². The molecule has 2 rings (SSSR count). The molecular weight excluding hydrogens is 182 g/mol. The third-order valence-corrected chi connectivity index (χ3v) is 2.28. The largest absolute Gasteiger partial charge is 0.381 e. The van der Waals surface area contributed by atoms with Gasteiger partial charge in [0, 0.05) is 24.9 Å². The van der Waals surface area contributed by atoms with E-state index in [2.05, 4.69) is 9.97 Å². The van der Waals surface area contributed by atoms with Gasteiger partial charge in [-0.1, -0.05) is 0 Å². The first-order valence-corrected chi connectivity index (χ1v) is 4.47. The molecule has 0 aliphatic carbocycles. The second-order valence-corrected chi connectivity index (χ2v) is 3.21. The fraction of sp³-hybridized carbons (Fsp3) is 0.444. The van der Waals surface area contributed by atoms with Gasteiger partial charge in [0.05, 0.1) is 12.3 Å². The van der Waals surface area contributed by atoms with Crippen LogP contribution < -0.4 is 5.73 Å². The van der Waals surface area contributed by atoms with Gasteiger partial charge in [-0.3, -0.25) is 9.78 Å². The molecule has 1 aliphatic rings. The number of hydrogen-bond donors (Lipinski definition) is 1. The van der Waals surface area contributed by atoms with Crippen molar-refractivity contribution in [3.05, 3.63) is 23.8 Å². The Morgan fingerprint density at radius 2 is 2.29 bits per heavy atom. The van der Waals surface area contributed by atoms with E-state index in [1.54, 1.807) is 6.20 Å². The van der Waals surface area contributed by atoms with E-state index in [9.17, 15) is 4.79 Å². The van der Waals surface area contributed by atoms with Gasteiger partial charge in [0.2, 0.25) is 0 Å². The number of hydrogen-bond acceptors (Lipinski definition) is 4. The van der Waals surface area contributed by atoms with Gasteiger partial charge in [-0.25, -0.2) is 4.98 Å². The zero-order valence-corrected chi connectivity index (χ0v) is 7.64. The van der Waals surface area contributed by atoms with E-state index >= 15 is 0 Å². The second-order valence-electron chi connectivity index (χ2n) is 3.21. The molecule has 74 valence electrons. The first kappa shape index (κ1) is 9.08. The first-order valence-electron chi connectivity index (χ1n) is 4.47. The number of aromatic nitrogens is 2. The topological polar surface area (TPSA) is 78.1 Å². The molecule has 5 heteroatoms. The van der Waals surface area contributed by atoms with Crippen LogP contribution in [0.2, 0.25) is 0 Å². The molecule has 2 heterocycles. The van der Waals surface area contributed by atoms with Crippen LogP contribution in [0, 0.1) is 0 Å². The molecule has 1 aliphatic heterocycles. The van der Waals surface area contributed by atoms with Gasteiger partial charge in [-0.15, -0.1) is 0 Å². The number of carbonyl (C=O) groups excluding carboxylic acids is 1. The number of ether oxygens (including phenoxy) is 1. The van der Waals surface area contributed by atoms with Crippen molar-refractivity contribution in [3.8, 4) is 0 Å². The highest BCUT2D eigenvalue weighted by Gasteiger charge is 2.24. The normalized spacial score (nSPS) is 21.0. The van der Waals surface area contributed by atoms with Crippen molar-refractivity contribution in [1.82, 2.24) is 9.97 Å². The third-order valence-electron chi connectivity index (χ3n) is 2.28. The summed E-state index contributed by atoms with van der Waals surface area (Å²) in [6.45, 7) is 1.30. The summed E-state index contributed by atoms with van der Waals surface area (Å²) >= 11 is 0. The lowest BCUT2D eigenvalue weighted by atomic mass is 10.0. The van der Waals surface area contributed by atoms with E-state index in [4.69, 9.17) is 10.5 Å². The Labute approximate surface area is 81.3 Å². The molecule has 0 aromatic carbocycles. The van der Waals surface area contributed by atoms with E-state index < -0.39 is 5.91 Å². The minimum absolute atomic E-state index is 0.159. The predicted octanol–water partition coefficient (Wildman–Crippen LogP) is 0.0794. The van der Waals surface area contributed by atoms with E-state index in [-0.39, 0.29) is 11.6 Å². The van der Waals surface area contributed by atoms with E-state index in [0.717, 1.165) is 6.42 Å². The van der Waals surface area contributed by atoms with Crippen LogP contribution in [0.4, 0.5) is 0 Å². The molecule has 2 N–H and O–H groups in total. The fourth-order valence-electron chi connectivity index (χ4n) is 1.59. The first-order chi connectivity index (χ1) is 6.79. The number of nitrogens with two attached hydrogens (primary N) is 1. The van der Waals surface area contributed by atoms with Crippen LogP contribution in [-0.2, 0) is 4.74 Å². The molecule has 1 amide bonds. The Bertz CT molecular complexity index is 348. The summed E-state index contributed by atoms with van der Waals surface area (Å²) in [5.41, 5.74) is 6.13. The molecule has 1 fully saturated rings. The van der Waals surface area contributed by atoms with Gasteiger partial charge in [-0.2, -0.15) is 0 Å². The van der Waals surface area contributed by atoms with Crippen molar-refractivity contribution < 1.29 is 9.53 Å². The molecule has 0 bridgehead atoms. The van der Waals surface area contributed by atoms with Crippen molar-refractivity contribution in [1.29, 1.82) is 0 Å². The maximum Gasteiger partial charge on any atom is 0.269 e. The summed E-state index contributed by atoms with van der Waals surface area (Å²) < 4.78 is 5.23. The second kappa shape index (κ2) is 3.71. The van der Waals surface area contributed by atoms with Gasteiger partial charge >= 0.3 is 0 Å². The highest BCUT2D eigenvalue weighted by Crippen LogP contribution is 2.24. The third kappa shape index (κ3) is 1.58. The zero-order valence-electron chi connectivity index (χ0n) is 7.64. The van der Waals surface area contributed by atoms with Crippen LogP contribution in [0.1, 0.15) is 28.5 Å². The molecule has 0 spiro atoms. The summed E-state index contributed by atoms with van der Waals surface area (Å²) in [7, 11) is 0. The smallest absolute Gasteiger partial charge is 0.269 e. The standard InChI is InChI=1S/C9H11N3O2/c10-9(13)8-7(11-2-3-12-8)6-1-4-14-5-6/h2-3,6H,1,4-5H2,(H2,10,13). The van der Waals surface area contributed by atoms with Gasteiger partial charge in [0.15, 0.2) is 0 Å². The highest BCUT2D eigenvalue weighted by atomic mass is 16.5. The molecule has 1 aromatic rings. The summed E-state index contributed by atoms with van der Waals surface area (Å²) in [5, 5.41) is 0. The van der Waals surface area contributed by atoms with Crippen molar-refractivity contribution in [3.63, 3.8) is 0 Å². The van der Waals surface area contributed by atoms with E-state index in [0.29, 0.717) is 18.9 Å². The molecule has 0 saturated carbocycles. The molecule has 0 radical (unpaired) electrons. The van der Waals surface area contributed by atoms with Gasteiger partial charge < -0.3 is 10.5 Å². The Morgan fingerprint density at radius 1 is 1.50 bits per heavy atom. The highest BCUT2D eigenvalue weighted by molar-refractivity contribution is 5.91. The lowest BCUT2D eigenvalue weighted by Gasteiger charge is -2.08. The molecule has 1 unspecified atom stereocenters. The van der Waals surface area contributed by atoms with Crippen LogP contribution in [0.3, 0.4) is 0 Å². The maximum atomic E-state index is 11.1. The van der Waals surface area contributed by atoms with Gasteiger partial charge in [0.1, 0.15) is 5.69 Å². The van der Waals surface area contributed by atoms with Crippen molar-refractivity contribution in [2.45, 2.75) is 12.3 Å². The molecule has 5 nitrogen and oxygen atoms in total. The van der Waals surface area contributed by atoms with E-state index in [1.165, 1.54) is 6.20 Å². The molecule has 1 aromatic heterocycles. The Morgan fingerprint density at radius 3 is 2.93 bits per heavy atom. The summed E-state index contributed by atoms with van der Waals surface area (Å²) in [6.07, 6.45) is 3.92. The fourth-order valence-corrected chi connectivity index (χ4v) is 1.59. The minimum atomic E-state index is -0.528. The van der Waals surface area contributed by atoms with Crippen LogP contribution in [0.15, 0.2) is 12.4 Å². The van der Waals surface area contributed by atoms with Crippen LogP contribution in [0.25, 0.3) is 0 Å². The van der Waals surface area contributed by atoms with Crippen LogP contribution >= 0.6 is 0 Å². The Kier molecular flexibility index (Phi) is 2.41. The zero-order chi connectivity index (χ0) is 9.97. The SMILES string of the molecule is NC(=O)c1nccnc1C1CCOC1. The van der Waals surface area contributed by atoms with Gasteiger partial charge in [-0.05, 0) is 6.42 Å². The Hall–Kier alpha value is -1.49. The van der Waals surface area contributed by atoms with E-state index in [1.807, 2.05) is 0 Å². The average Bonchev–Trinajstić information content (AvgIpc) is 2.70. The Balaban J connectivity index is 2.35. The minimum Gasteiger partial charge on any atom is -0.381 e. The lowest BCUT2D eigenvalue weighted by molar-refractivity contribution is 0.0993. The predicted molar refractivity (Wildman–Crippen MR) is 48.7 cm³/mol. The average molecular weight is 193 g/mol. The number of primary amides is 1. The number of nitrogens with zero attached hydrogens (tertiary/aromatic N) is 2. The number of amides is 1. The maximum absolute atomic E-state index is 11.1. The molecule has 1 saturated heterocycles. The summed E-state index contributed by atoms with van der Waals surface area (Å²) in [5.74, 6) is -0.369. The number of rotatable bonds is 2. The summed E-state index contributed by atoms with van der Waals surface area (Å²) in [6, 6.07) is 0.